The zero-order chi connectivity index (χ0) is 15.8. The van der Waals surface area contributed by atoms with Crippen LogP contribution < -0.4 is 0 Å². The van der Waals surface area contributed by atoms with Crippen molar-refractivity contribution in [3.8, 4) is 0 Å². The highest BCUT2D eigenvalue weighted by Gasteiger charge is 2.35. The van der Waals surface area contributed by atoms with E-state index in [0.29, 0.717) is 17.5 Å². The maximum atomic E-state index is 13.0. The monoisotopic (exact) mass is 302 g/mol. The van der Waals surface area contributed by atoms with Gasteiger partial charge in [0.25, 0.3) is 0 Å². The van der Waals surface area contributed by atoms with Crippen LogP contribution in [0.1, 0.15) is 28.6 Å². The van der Waals surface area contributed by atoms with Gasteiger partial charge in [-0.25, -0.2) is 4.39 Å². The summed E-state index contributed by atoms with van der Waals surface area (Å²) in [5.41, 5.74) is -0.205. The summed E-state index contributed by atoms with van der Waals surface area (Å²) < 4.78 is 53.3. The molecular weight excluding hydrogens is 288 g/mol. The van der Waals surface area contributed by atoms with Crippen molar-refractivity contribution in [2.24, 2.45) is 7.05 Å². The summed E-state index contributed by atoms with van der Waals surface area (Å²) >= 11 is 0. The van der Waals surface area contributed by atoms with Crippen LogP contribution >= 0.6 is 0 Å². The summed E-state index contributed by atoms with van der Waals surface area (Å²) in [6, 6.07) is 3.95. The molecule has 2 rings (SSSR count). The maximum absolute atomic E-state index is 13.0. The summed E-state index contributed by atoms with van der Waals surface area (Å²) in [5, 5.41) is 14.1. The summed E-state index contributed by atoms with van der Waals surface area (Å²) in [6.07, 6.45) is -6.15. The Morgan fingerprint density at radius 3 is 2.48 bits per heavy atom. The van der Waals surface area contributed by atoms with Gasteiger partial charge in [0, 0.05) is 19.2 Å². The van der Waals surface area contributed by atoms with Crippen molar-refractivity contribution >= 4 is 0 Å². The van der Waals surface area contributed by atoms with Gasteiger partial charge in [0.05, 0.1) is 17.4 Å². The van der Waals surface area contributed by atoms with Crippen molar-refractivity contribution in [1.82, 2.24) is 9.78 Å². The van der Waals surface area contributed by atoms with Gasteiger partial charge in [-0.3, -0.25) is 4.68 Å². The quantitative estimate of drug-likeness (QED) is 0.884. The number of nitrogens with zero attached hydrogens (tertiary/aromatic N) is 2. The first-order valence-electron chi connectivity index (χ1n) is 6.22. The van der Waals surface area contributed by atoms with E-state index in [4.69, 9.17) is 0 Å². The van der Waals surface area contributed by atoms with E-state index in [1.54, 1.807) is 20.0 Å². The lowest BCUT2D eigenvalue weighted by Gasteiger charge is -2.17. The van der Waals surface area contributed by atoms with E-state index in [2.05, 4.69) is 5.10 Å². The molecule has 3 nitrogen and oxygen atoms in total. The first-order valence-corrected chi connectivity index (χ1v) is 6.22. The molecule has 114 valence electrons. The molecule has 1 aromatic heterocycles. The average molecular weight is 302 g/mol. The van der Waals surface area contributed by atoms with Gasteiger partial charge in [0.15, 0.2) is 0 Å². The highest BCUT2D eigenvalue weighted by atomic mass is 19.4. The molecule has 0 amide bonds. The highest BCUT2D eigenvalue weighted by Crippen LogP contribution is 2.36. The van der Waals surface area contributed by atoms with Gasteiger partial charge < -0.3 is 5.11 Å². The number of halogens is 4. The minimum absolute atomic E-state index is 0.0357. The standard InChI is InChI=1S/C14H14F4N2O/c1-8-5-10(20(2)19-8)7-13(21)11-4-3-9(15)6-12(11)14(16,17)18/h3-6,13,21H,7H2,1-2H3. The lowest BCUT2D eigenvalue weighted by molar-refractivity contribution is -0.139. The Kier molecular flexibility index (Phi) is 4.04. The molecule has 1 aromatic carbocycles. The summed E-state index contributed by atoms with van der Waals surface area (Å²) in [7, 11) is 1.64. The van der Waals surface area contributed by atoms with Crippen LogP contribution in [0.5, 0.6) is 0 Å². The molecule has 0 aliphatic rings. The Morgan fingerprint density at radius 2 is 1.95 bits per heavy atom. The number of hydrogen-bond donors (Lipinski definition) is 1. The maximum Gasteiger partial charge on any atom is 0.416 e. The minimum atomic E-state index is -4.72. The van der Waals surface area contributed by atoms with Crippen molar-refractivity contribution < 1.29 is 22.7 Å². The number of benzene rings is 1. The number of rotatable bonds is 3. The van der Waals surface area contributed by atoms with Crippen molar-refractivity contribution in [1.29, 1.82) is 0 Å². The molecule has 21 heavy (non-hydrogen) atoms. The van der Waals surface area contributed by atoms with Crippen LogP contribution in [-0.4, -0.2) is 14.9 Å². The molecule has 1 N–H and O–H groups in total. The Bertz CT molecular complexity index is 649. The molecule has 0 bridgehead atoms. The SMILES string of the molecule is Cc1cc(CC(O)c2ccc(F)cc2C(F)(F)F)n(C)n1. The second kappa shape index (κ2) is 5.48. The van der Waals surface area contributed by atoms with Crippen LogP contribution in [0.2, 0.25) is 0 Å². The molecule has 0 aliphatic carbocycles. The Balaban J connectivity index is 2.35. The normalized spacial score (nSPS) is 13.5. The second-order valence-electron chi connectivity index (χ2n) is 4.85. The zero-order valence-corrected chi connectivity index (χ0v) is 11.4. The molecule has 0 fully saturated rings. The highest BCUT2D eigenvalue weighted by molar-refractivity contribution is 5.33. The van der Waals surface area contributed by atoms with Crippen LogP contribution in [0.4, 0.5) is 17.6 Å². The third-order valence-electron chi connectivity index (χ3n) is 3.18. The average Bonchev–Trinajstić information content (AvgIpc) is 2.66. The first kappa shape index (κ1) is 15.5. The number of aryl methyl sites for hydroxylation is 2. The second-order valence-corrected chi connectivity index (χ2v) is 4.85. The molecular formula is C14H14F4N2O. The number of aromatic nitrogens is 2. The first-order chi connectivity index (χ1) is 9.68. The minimum Gasteiger partial charge on any atom is -0.388 e. The van der Waals surface area contributed by atoms with Gasteiger partial charge in [0.1, 0.15) is 5.82 Å². The van der Waals surface area contributed by atoms with Gasteiger partial charge >= 0.3 is 6.18 Å². The smallest absolute Gasteiger partial charge is 0.388 e. The Hall–Kier alpha value is -1.89. The van der Waals surface area contributed by atoms with E-state index < -0.39 is 23.7 Å². The van der Waals surface area contributed by atoms with Crippen LogP contribution in [-0.2, 0) is 19.6 Å². The Labute approximate surface area is 118 Å². The van der Waals surface area contributed by atoms with Crippen molar-refractivity contribution in [3.05, 3.63) is 52.6 Å². The molecule has 0 radical (unpaired) electrons. The summed E-state index contributed by atoms with van der Waals surface area (Å²) in [6.45, 7) is 1.74. The van der Waals surface area contributed by atoms with Crippen molar-refractivity contribution in [3.63, 3.8) is 0 Å². The van der Waals surface area contributed by atoms with Gasteiger partial charge in [-0.2, -0.15) is 18.3 Å². The fraction of sp³-hybridized carbons (Fsp3) is 0.357. The number of aliphatic hydroxyl groups is 1. The molecule has 0 aliphatic heterocycles. The van der Waals surface area contributed by atoms with E-state index >= 15 is 0 Å². The van der Waals surface area contributed by atoms with Crippen LogP contribution in [0.25, 0.3) is 0 Å². The van der Waals surface area contributed by atoms with Gasteiger partial charge in [0.2, 0.25) is 0 Å². The van der Waals surface area contributed by atoms with Crippen LogP contribution in [0.3, 0.4) is 0 Å². The number of aliphatic hydroxyl groups excluding tert-OH is 1. The van der Waals surface area contributed by atoms with Crippen LogP contribution in [0, 0.1) is 12.7 Å². The van der Waals surface area contributed by atoms with Crippen LogP contribution in [0.15, 0.2) is 24.3 Å². The molecule has 7 heteroatoms. The largest absolute Gasteiger partial charge is 0.416 e. The molecule has 0 spiro atoms. The molecule has 0 saturated heterocycles. The van der Waals surface area contributed by atoms with E-state index in [1.807, 2.05) is 0 Å². The van der Waals surface area contributed by atoms with Gasteiger partial charge in [-0.05, 0) is 30.7 Å². The number of hydrogen-bond acceptors (Lipinski definition) is 2. The van der Waals surface area contributed by atoms with Gasteiger partial charge in [-0.1, -0.05) is 6.07 Å². The predicted molar refractivity (Wildman–Crippen MR) is 68.0 cm³/mol. The predicted octanol–water partition coefficient (Wildman–Crippen LogP) is 3.16. The molecule has 1 heterocycles. The molecule has 0 saturated carbocycles. The van der Waals surface area contributed by atoms with Crippen molar-refractivity contribution in [2.45, 2.75) is 25.6 Å². The summed E-state index contributed by atoms with van der Waals surface area (Å²) in [5.74, 6) is -0.991. The zero-order valence-electron chi connectivity index (χ0n) is 11.4. The fourth-order valence-electron chi connectivity index (χ4n) is 2.23. The molecule has 2 aromatic rings. The topological polar surface area (TPSA) is 38.0 Å². The third-order valence-corrected chi connectivity index (χ3v) is 3.18. The molecule has 1 atom stereocenters. The van der Waals surface area contributed by atoms with Crippen molar-refractivity contribution in [2.75, 3.05) is 0 Å². The van der Waals surface area contributed by atoms with E-state index in [1.165, 1.54) is 4.68 Å². The number of alkyl halides is 3. The van der Waals surface area contributed by atoms with E-state index in [-0.39, 0.29) is 12.0 Å². The van der Waals surface area contributed by atoms with E-state index in [9.17, 15) is 22.7 Å². The molecule has 1 unspecified atom stereocenters. The van der Waals surface area contributed by atoms with Gasteiger partial charge in [-0.15, -0.1) is 0 Å². The summed E-state index contributed by atoms with van der Waals surface area (Å²) in [4.78, 5) is 0. The lowest BCUT2D eigenvalue weighted by atomic mass is 9.98. The third kappa shape index (κ3) is 3.41. The fourth-order valence-corrected chi connectivity index (χ4v) is 2.23. The lowest BCUT2D eigenvalue weighted by Crippen LogP contribution is -2.15. The Morgan fingerprint density at radius 1 is 1.29 bits per heavy atom. The van der Waals surface area contributed by atoms with E-state index in [0.717, 1.165) is 12.1 Å².